The molecule has 1 N–H and O–H groups in total. The van der Waals surface area contributed by atoms with E-state index in [-0.39, 0.29) is 5.91 Å². The molecular weight excluding hydrogens is 382 g/mol. The van der Waals surface area contributed by atoms with Crippen molar-refractivity contribution in [3.05, 3.63) is 64.6 Å². The number of anilines is 1. The van der Waals surface area contributed by atoms with Gasteiger partial charge >= 0.3 is 5.97 Å². The number of aryl methyl sites for hydroxylation is 1. The van der Waals surface area contributed by atoms with Crippen molar-refractivity contribution in [3.63, 3.8) is 0 Å². The van der Waals surface area contributed by atoms with Crippen LogP contribution in [0.5, 0.6) is 5.75 Å². The number of hydrogen-bond donors (Lipinski definition) is 1. The molecule has 7 heteroatoms. The summed E-state index contributed by atoms with van der Waals surface area (Å²) in [5, 5.41) is 8.88. The van der Waals surface area contributed by atoms with Crippen LogP contribution in [-0.4, -0.2) is 27.4 Å². The number of nitrogens with zero attached hydrogens (tertiary/aromatic N) is 1. The highest BCUT2D eigenvalue weighted by Crippen LogP contribution is 2.36. The zero-order chi connectivity index (χ0) is 19.6. The van der Waals surface area contributed by atoms with Crippen LogP contribution >= 0.6 is 24.0 Å². The highest BCUT2D eigenvalue weighted by molar-refractivity contribution is 8.27. The number of benzene rings is 2. The minimum Gasteiger partial charge on any atom is -0.479 e. The van der Waals surface area contributed by atoms with Gasteiger partial charge in [0, 0.05) is 0 Å². The molecule has 0 aliphatic carbocycles. The van der Waals surface area contributed by atoms with Gasteiger partial charge < -0.3 is 9.84 Å². The van der Waals surface area contributed by atoms with Crippen molar-refractivity contribution in [1.29, 1.82) is 0 Å². The van der Waals surface area contributed by atoms with Crippen molar-refractivity contribution >= 4 is 51.9 Å². The zero-order valence-electron chi connectivity index (χ0n) is 14.7. The van der Waals surface area contributed by atoms with E-state index in [4.69, 9.17) is 22.1 Å². The zero-order valence-corrected chi connectivity index (χ0v) is 16.3. The molecule has 1 unspecified atom stereocenters. The Bertz CT molecular complexity index is 920. The van der Waals surface area contributed by atoms with Gasteiger partial charge in [0.25, 0.3) is 5.91 Å². The molecule has 138 valence electrons. The molecule has 1 aliphatic rings. The fourth-order valence-corrected chi connectivity index (χ4v) is 3.73. The molecule has 1 heterocycles. The van der Waals surface area contributed by atoms with E-state index in [1.165, 1.54) is 23.6 Å². The summed E-state index contributed by atoms with van der Waals surface area (Å²) in [5.74, 6) is -0.734. The van der Waals surface area contributed by atoms with Crippen LogP contribution in [0.4, 0.5) is 5.69 Å². The predicted molar refractivity (Wildman–Crippen MR) is 111 cm³/mol. The van der Waals surface area contributed by atoms with E-state index in [1.54, 1.807) is 30.3 Å². The third kappa shape index (κ3) is 4.37. The van der Waals surface area contributed by atoms with Crippen LogP contribution in [0.3, 0.4) is 0 Å². The fourth-order valence-electron chi connectivity index (χ4n) is 2.43. The maximum absolute atomic E-state index is 12.8. The molecule has 1 fully saturated rings. The normalized spacial score (nSPS) is 16.7. The third-order valence-corrected chi connectivity index (χ3v) is 5.23. The first-order valence-corrected chi connectivity index (χ1v) is 9.42. The number of carboxylic acids is 1. The molecule has 1 atom stereocenters. The lowest BCUT2D eigenvalue weighted by Gasteiger charge is -2.14. The second-order valence-corrected chi connectivity index (χ2v) is 7.70. The maximum Gasteiger partial charge on any atom is 0.344 e. The van der Waals surface area contributed by atoms with E-state index in [2.05, 4.69) is 0 Å². The van der Waals surface area contributed by atoms with Crippen molar-refractivity contribution < 1.29 is 19.4 Å². The van der Waals surface area contributed by atoms with Gasteiger partial charge in [-0.15, -0.1) is 0 Å². The van der Waals surface area contributed by atoms with Gasteiger partial charge in [-0.25, -0.2) is 4.79 Å². The first-order valence-electron chi connectivity index (χ1n) is 8.19. The lowest BCUT2D eigenvalue weighted by Crippen LogP contribution is -2.27. The average Bonchev–Trinajstić information content (AvgIpc) is 2.91. The van der Waals surface area contributed by atoms with Crippen molar-refractivity contribution in [3.8, 4) is 5.75 Å². The maximum atomic E-state index is 12.8. The first kappa shape index (κ1) is 19.1. The fraction of sp³-hybridized carbons (Fsp3) is 0.150. The summed E-state index contributed by atoms with van der Waals surface area (Å²) >= 11 is 6.62. The summed E-state index contributed by atoms with van der Waals surface area (Å²) < 4.78 is 5.79. The van der Waals surface area contributed by atoms with E-state index >= 15 is 0 Å². The molecule has 0 radical (unpaired) electrons. The predicted octanol–water partition coefficient (Wildman–Crippen LogP) is 4.25. The number of thioether (sulfide) groups is 1. The molecule has 0 saturated carbocycles. The van der Waals surface area contributed by atoms with Crippen LogP contribution in [0.25, 0.3) is 6.08 Å². The SMILES string of the molecule is Cc1ccc(N2C(=O)/C(=C\c3ccc(OC(C)C(=O)O)cc3)SC2=S)cc1. The second-order valence-electron chi connectivity index (χ2n) is 6.02. The van der Waals surface area contributed by atoms with Crippen molar-refractivity contribution in [2.45, 2.75) is 20.0 Å². The van der Waals surface area contributed by atoms with E-state index in [9.17, 15) is 9.59 Å². The van der Waals surface area contributed by atoms with E-state index in [1.807, 2.05) is 31.2 Å². The monoisotopic (exact) mass is 399 g/mol. The Morgan fingerprint density at radius 3 is 2.41 bits per heavy atom. The largest absolute Gasteiger partial charge is 0.479 e. The highest BCUT2D eigenvalue weighted by Gasteiger charge is 2.33. The Kier molecular flexibility index (Phi) is 5.62. The quantitative estimate of drug-likeness (QED) is 0.599. The molecule has 5 nitrogen and oxygen atoms in total. The standard InChI is InChI=1S/C20H17NO4S2/c1-12-3-7-15(8-4-12)21-18(22)17(27-20(21)26)11-14-5-9-16(10-6-14)25-13(2)19(23)24/h3-11,13H,1-2H3,(H,23,24)/b17-11+. The molecule has 1 amide bonds. The van der Waals surface area contributed by atoms with Gasteiger partial charge in [-0.3, -0.25) is 9.69 Å². The number of carbonyl (C=O) groups is 2. The van der Waals surface area contributed by atoms with E-state index in [0.29, 0.717) is 15.0 Å². The average molecular weight is 399 g/mol. The minimum absolute atomic E-state index is 0.159. The number of carbonyl (C=O) groups excluding carboxylic acids is 1. The van der Waals surface area contributed by atoms with E-state index < -0.39 is 12.1 Å². The van der Waals surface area contributed by atoms with Gasteiger partial charge in [0.05, 0.1) is 10.6 Å². The molecule has 0 bridgehead atoms. The Balaban J connectivity index is 1.77. The summed E-state index contributed by atoms with van der Waals surface area (Å²) in [6.07, 6.45) is 0.833. The van der Waals surface area contributed by atoms with E-state index in [0.717, 1.165) is 16.8 Å². The molecule has 0 aromatic heterocycles. The molecule has 0 spiro atoms. The van der Waals surface area contributed by atoms with Crippen molar-refractivity contribution in [2.24, 2.45) is 0 Å². The summed E-state index contributed by atoms with van der Waals surface area (Å²) in [5.41, 5.74) is 2.66. The number of thiocarbonyl (C=S) groups is 1. The van der Waals surface area contributed by atoms with Crippen LogP contribution in [0.15, 0.2) is 53.4 Å². The molecule has 1 saturated heterocycles. The Labute approximate surface area is 166 Å². The molecule has 2 aromatic rings. The minimum atomic E-state index is -1.03. The smallest absolute Gasteiger partial charge is 0.344 e. The molecule has 27 heavy (non-hydrogen) atoms. The van der Waals surface area contributed by atoms with Crippen molar-refractivity contribution in [1.82, 2.24) is 0 Å². The summed E-state index contributed by atoms with van der Waals surface area (Å²) in [4.78, 5) is 25.7. The first-order chi connectivity index (χ1) is 12.8. The van der Waals surface area contributed by atoms with Crippen LogP contribution in [-0.2, 0) is 9.59 Å². The van der Waals surface area contributed by atoms with Crippen LogP contribution < -0.4 is 9.64 Å². The van der Waals surface area contributed by atoms with Crippen LogP contribution in [0.2, 0.25) is 0 Å². The molecule has 2 aromatic carbocycles. The second kappa shape index (κ2) is 7.94. The molecular formula is C20H17NO4S2. The number of ether oxygens (including phenoxy) is 1. The summed E-state index contributed by atoms with van der Waals surface area (Å²) in [6, 6.07) is 14.5. The highest BCUT2D eigenvalue weighted by atomic mass is 32.2. The van der Waals surface area contributed by atoms with Crippen LogP contribution in [0.1, 0.15) is 18.1 Å². The molecule has 1 aliphatic heterocycles. The number of aliphatic carboxylic acids is 1. The van der Waals surface area contributed by atoms with Crippen LogP contribution in [0, 0.1) is 6.92 Å². The number of rotatable bonds is 5. The van der Waals surface area contributed by atoms with Gasteiger partial charge in [0.15, 0.2) is 10.4 Å². The summed E-state index contributed by atoms with van der Waals surface area (Å²) in [7, 11) is 0. The Morgan fingerprint density at radius 2 is 1.81 bits per heavy atom. The topological polar surface area (TPSA) is 66.8 Å². The number of carboxylic acid groups (broad SMARTS) is 1. The van der Waals surface area contributed by atoms with Gasteiger partial charge in [0.2, 0.25) is 0 Å². The number of hydrogen-bond acceptors (Lipinski definition) is 5. The Hall–Kier alpha value is -2.64. The van der Waals surface area contributed by atoms with Gasteiger partial charge in [-0.05, 0) is 49.8 Å². The van der Waals surface area contributed by atoms with Gasteiger partial charge in [-0.1, -0.05) is 53.8 Å². The van der Waals surface area contributed by atoms with Gasteiger partial charge in [0.1, 0.15) is 5.75 Å². The van der Waals surface area contributed by atoms with Gasteiger partial charge in [-0.2, -0.15) is 0 Å². The molecule has 3 rings (SSSR count). The van der Waals surface area contributed by atoms with Crippen molar-refractivity contribution in [2.75, 3.05) is 4.90 Å². The third-order valence-electron chi connectivity index (χ3n) is 3.92. The number of amides is 1. The lowest BCUT2D eigenvalue weighted by molar-refractivity contribution is -0.144. The summed E-state index contributed by atoms with van der Waals surface area (Å²) in [6.45, 7) is 3.45. The Morgan fingerprint density at radius 1 is 1.19 bits per heavy atom. The lowest BCUT2D eigenvalue weighted by atomic mass is 10.2.